The summed E-state index contributed by atoms with van der Waals surface area (Å²) in [6, 6.07) is 30.3. The molecule has 0 saturated carbocycles. The van der Waals surface area contributed by atoms with Crippen LogP contribution in [0, 0.1) is 10.1 Å². The van der Waals surface area contributed by atoms with Gasteiger partial charge in [-0.25, -0.2) is 13.1 Å². The summed E-state index contributed by atoms with van der Waals surface area (Å²) in [6.45, 7) is 4.09. The van der Waals surface area contributed by atoms with Crippen molar-refractivity contribution < 1.29 is 27.9 Å². The molecule has 2 fully saturated rings. The minimum absolute atomic E-state index is 0.0279. The number of ether oxygens (including phenoxy) is 2. The minimum Gasteiger partial charge on any atom is -0.392 e. The fourth-order valence-corrected chi connectivity index (χ4v) is 6.99. The second kappa shape index (κ2) is 14.7. The summed E-state index contributed by atoms with van der Waals surface area (Å²) in [7, 11) is -3.62. The van der Waals surface area contributed by atoms with Crippen molar-refractivity contribution in [1.29, 1.82) is 0 Å². The van der Waals surface area contributed by atoms with Gasteiger partial charge in [-0.2, -0.15) is 0 Å². The monoisotopic (exact) mass is 658 g/mol. The van der Waals surface area contributed by atoms with Crippen LogP contribution in [-0.2, 0) is 32.6 Å². The van der Waals surface area contributed by atoms with E-state index in [1.165, 1.54) is 0 Å². The van der Waals surface area contributed by atoms with Crippen molar-refractivity contribution in [2.75, 3.05) is 37.6 Å². The summed E-state index contributed by atoms with van der Waals surface area (Å²) in [4.78, 5) is 15.5. The quantitative estimate of drug-likeness (QED) is 0.170. The predicted molar refractivity (Wildman–Crippen MR) is 177 cm³/mol. The summed E-state index contributed by atoms with van der Waals surface area (Å²) >= 11 is 0. The van der Waals surface area contributed by atoms with Gasteiger partial charge in [-0.3, -0.25) is 15.0 Å². The Bertz CT molecular complexity index is 1730. The Hall–Kier alpha value is -4.17. The number of sulfonamides is 1. The van der Waals surface area contributed by atoms with Crippen molar-refractivity contribution in [3.63, 3.8) is 0 Å². The molecule has 0 aliphatic carbocycles. The smallest absolute Gasteiger partial charge is 0.269 e. The summed E-state index contributed by atoms with van der Waals surface area (Å²) in [6.07, 6.45) is -0.283. The van der Waals surface area contributed by atoms with Gasteiger partial charge in [0.1, 0.15) is 0 Å². The van der Waals surface area contributed by atoms with Crippen molar-refractivity contribution in [2.45, 2.75) is 43.0 Å². The lowest BCUT2D eigenvalue weighted by Gasteiger charge is -2.41. The van der Waals surface area contributed by atoms with E-state index in [1.807, 2.05) is 48.5 Å². The normalized spacial score (nSPS) is 20.6. The summed E-state index contributed by atoms with van der Waals surface area (Å²) in [5.41, 5.74) is 4.54. The minimum atomic E-state index is -3.62. The van der Waals surface area contributed by atoms with Crippen LogP contribution >= 0.6 is 0 Å². The SMILES string of the molecule is O=[N+]([O-])c1ccc(N2CCN(CC3CC(c4ccc(CO)cc4)OC(c4ccc(CNS(=O)(=O)c5ccccc5)cc4)O3)CC2)cc1. The van der Waals surface area contributed by atoms with E-state index in [2.05, 4.69) is 14.5 Å². The largest absolute Gasteiger partial charge is 0.392 e. The third kappa shape index (κ3) is 8.22. The van der Waals surface area contributed by atoms with Crippen LogP contribution in [0.15, 0.2) is 108 Å². The van der Waals surface area contributed by atoms with Crippen molar-refractivity contribution in [2.24, 2.45) is 0 Å². The Labute approximate surface area is 274 Å². The van der Waals surface area contributed by atoms with E-state index in [9.17, 15) is 23.6 Å². The zero-order chi connectivity index (χ0) is 32.8. The maximum Gasteiger partial charge on any atom is 0.269 e. The lowest BCUT2D eigenvalue weighted by molar-refractivity contribution is -0.384. The molecule has 6 rings (SSSR count). The van der Waals surface area contributed by atoms with Gasteiger partial charge in [-0.15, -0.1) is 0 Å². The van der Waals surface area contributed by atoms with E-state index < -0.39 is 16.3 Å². The maximum atomic E-state index is 12.7. The van der Waals surface area contributed by atoms with Crippen LogP contribution in [0.1, 0.15) is 41.1 Å². The van der Waals surface area contributed by atoms with Crippen molar-refractivity contribution in [3.8, 4) is 0 Å². The van der Waals surface area contributed by atoms with Crippen molar-refractivity contribution in [3.05, 3.63) is 135 Å². The predicted octanol–water partition coefficient (Wildman–Crippen LogP) is 4.93. The number of nitro groups is 1. The van der Waals surface area contributed by atoms with Crippen LogP contribution in [0.5, 0.6) is 0 Å². The zero-order valence-corrected chi connectivity index (χ0v) is 26.7. The highest BCUT2D eigenvalue weighted by Gasteiger charge is 2.34. The van der Waals surface area contributed by atoms with Crippen LogP contribution in [0.4, 0.5) is 11.4 Å². The third-order valence-corrected chi connectivity index (χ3v) is 10.1. The highest BCUT2D eigenvalue weighted by molar-refractivity contribution is 7.89. The van der Waals surface area contributed by atoms with Gasteiger partial charge in [0.05, 0.1) is 28.6 Å². The molecule has 0 radical (unpaired) electrons. The molecule has 2 heterocycles. The number of hydrogen-bond acceptors (Lipinski definition) is 9. The fraction of sp³-hybridized carbons (Fsp3) is 0.314. The topological polar surface area (TPSA) is 134 Å². The molecule has 0 spiro atoms. The van der Waals surface area contributed by atoms with Gasteiger partial charge in [0.2, 0.25) is 10.0 Å². The fourth-order valence-electron chi connectivity index (χ4n) is 5.95. The molecule has 2 N–H and O–H groups in total. The lowest BCUT2D eigenvalue weighted by atomic mass is 9.99. The number of non-ortho nitro benzene ring substituents is 1. The maximum absolute atomic E-state index is 12.7. The standard InChI is InChI=1S/C35H38N4O7S/c40-25-27-8-10-28(11-9-27)34-22-32(24-37-18-20-38(21-19-37)30-14-16-31(17-15-30)39(41)42)45-35(46-34)29-12-6-26(7-13-29)23-36-47(43,44)33-4-2-1-3-5-33/h1-17,32,34-36,40H,18-25H2. The average molecular weight is 659 g/mol. The van der Waals surface area contributed by atoms with Crippen molar-refractivity contribution in [1.82, 2.24) is 9.62 Å². The molecule has 2 aliphatic heterocycles. The molecule has 0 bridgehead atoms. The van der Waals surface area contributed by atoms with Crippen LogP contribution < -0.4 is 9.62 Å². The molecular formula is C35H38N4O7S. The first kappa shape index (κ1) is 32.8. The molecule has 0 aromatic heterocycles. The molecule has 12 heteroatoms. The summed E-state index contributed by atoms with van der Waals surface area (Å²) in [5, 5.41) is 20.5. The number of aliphatic hydroxyl groups excluding tert-OH is 1. The molecule has 47 heavy (non-hydrogen) atoms. The first-order valence-electron chi connectivity index (χ1n) is 15.6. The molecule has 246 valence electrons. The second-order valence-electron chi connectivity index (χ2n) is 11.8. The van der Waals surface area contributed by atoms with E-state index in [0.29, 0.717) is 6.42 Å². The molecule has 3 atom stereocenters. The molecule has 2 saturated heterocycles. The lowest BCUT2D eigenvalue weighted by Crippen LogP contribution is -2.49. The van der Waals surface area contributed by atoms with E-state index in [-0.39, 0.29) is 40.9 Å². The Balaban J connectivity index is 1.11. The van der Waals surface area contributed by atoms with Crippen LogP contribution in [-0.4, -0.2) is 62.2 Å². The van der Waals surface area contributed by atoms with E-state index >= 15 is 0 Å². The van der Waals surface area contributed by atoms with E-state index in [0.717, 1.165) is 60.7 Å². The van der Waals surface area contributed by atoms with Crippen LogP contribution in [0.2, 0.25) is 0 Å². The molecule has 4 aromatic rings. The van der Waals surface area contributed by atoms with E-state index in [4.69, 9.17) is 9.47 Å². The average Bonchev–Trinajstić information content (AvgIpc) is 3.11. The first-order chi connectivity index (χ1) is 22.8. The Morgan fingerprint density at radius 3 is 2.09 bits per heavy atom. The number of rotatable bonds is 11. The van der Waals surface area contributed by atoms with Gasteiger partial charge in [-0.1, -0.05) is 66.7 Å². The van der Waals surface area contributed by atoms with Crippen LogP contribution in [0.25, 0.3) is 0 Å². The number of anilines is 1. The molecular weight excluding hydrogens is 620 g/mol. The summed E-state index contributed by atoms with van der Waals surface area (Å²) < 4.78 is 41.0. The highest BCUT2D eigenvalue weighted by atomic mass is 32.2. The highest BCUT2D eigenvalue weighted by Crippen LogP contribution is 2.38. The number of nitrogens with one attached hydrogen (secondary N) is 1. The zero-order valence-electron chi connectivity index (χ0n) is 25.9. The second-order valence-corrected chi connectivity index (χ2v) is 13.6. The number of nitrogens with zero attached hydrogens (tertiary/aromatic N) is 3. The van der Waals surface area contributed by atoms with Crippen molar-refractivity contribution >= 4 is 21.4 Å². The number of piperazine rings is 1. The number of aliphatic hydroxyl groups is 1. The molecule has 3 unspecified atom stereocenters. The number of nitro benzene ring substituents is 1. The molecule has 11 nitrogen and oxygen atoms in total. The van der Waals surface area contributed by atoms with Crippen LogP contribution in [0.3, 0.4) is 0 Å². The molecule has 4 aromatic carbocycles. The third-order valence-electron chi connectivity index (χ3n) is 8.65. The van der Waals surface area contributed by atoms with Gasteiger partial charge in [-0.05, 0) is 41.0 Å². The van der Waals surface area contributed by atoms with E-state index in [1.54, 1.807) is 54.6 Å². The number of hydrogen-bond donors (Lipinski definition) is 2. The Morgan fingerprint density at radius 2 is 1.45 bits per heavy atom. The molecule has 0 amide bonds. The van der Waals surface area contributed by atoms with Gasteiger partial charge < -0.3 is 19.5 Å². The first-order valence-corrected chi connectivity index (χ1v) is 17.1. The van der Waals surface area contributed by atoms with Gasteiger partial charge in [0.25, 0.3) is 5.69 Å². The Morgan fingerprint density at radius 1 is 0.809 bits per heavy atom. The van der Waals surface area contributed by atoms with Gasteiger partial charge in [0.15, 0.2) is 6.29 Å². The Kier molecular flexibility index (Phi) is 10.3. The van der Waals surface area contributed by atoms with Gasteiger partial charge in [0, 0.05) is 69.1 Å². The summed E-state index contributed by atoms with van der Waals surface area (Å²) in [5.74, 6) is 0. The molecule has 2 aliphatic rings. The number of benzene rings is 4. The van der Waals surface area contributed by atoms with Gasteiger partial charge >= 0.3 is 0 Å².